The number of unbranched alkanes of at least 4 members (excludes halogenated alkanes) is 5. The van der Waals surface area contributed by atoms with Gasteiger partial charge in [-0.2, -0.15) is 0 Å². The minimum absolute atomic E-state index is 0.0397. The number of ether oxygens (including phenoxy) is 1. The predicted octanol–water partition coefficient (Wildman–Crippen LogP) is 4.49. The molecule has 0 radical (unpaired) electrons. The average molecular weight is 264 g/mol. The van der Waals surface area contributed by atoms with Gasteiger partial charge in [0.2, 0.25) is 0 Å². The number of carbonyl (C=O) groups is 1. The monoisotopic (exact) mass is 264 g/mol. The van der Waals surface area contributed by atoms with Crippen LogP contribution in [-0.4, -0.2) is 13.1 Å². The van der Waals surface area contributed by atoms with Crippen LogP contribution in [0.3, 0.4) is 0 Å². The summed E-state index contributed by atoms with van der Waals surface area (Å²) in [5.74, 6) is 1.11. The SMILES string of the molecule is CCCCCCCCC1(C(=O)OC)CC2C=CC1C2. The molecule has 2 nitrogen and oxygen atoms in total. The molecule has 2 aliphatic rings. The Morgan fingerprint density at radius 1 is 1.21 bits per heavy atom. The predicted molar refractivity (Wildman–Crippen MR) is 77.8 cm³/mol. The smallest absolute Gasteiger partial charge is 0.312 e. The summed E-state index contributed by atoms with van der Waals surface area (Å²) in [4.78, 5) is 12.2. The number of hydrogen-bond donors (Lipinski definition) is 0. The van der Waals surface area contributed by atoms with Crippen molar-refractivity contribution in [2.45, 2.75) is 64.7 Å². The molecule has 108 valence electrons. The molecule has 19 heavy (non-hydrogen) atoms. The number of fused-ring (bicyclic) bond motifs is 2. The van der Waals surface area contributed by atoms with Gasteiger partial charge in [0.05, 0.1) is 12.5 Å². The van der Waals surface area contributed by atoms with E-state index in [0.717, 1.165) is 12.8 Å². The Bertz CT molecular complexity index is 334. The zero-order valence-corrected chi connectivity index (χ0v) is 12.5. The molecule has 0 saturated heterocycles. The van der Waals surface area contributed by atoms with Gasteiger partial charge in [0.1, 0.15) is 0 Å². The summed E-state index contributed by atoms with van der Waals surface area (Å²) in [7, 11) is 1.54. The molecule has 3 unspecified atom stereocenters. The lowest BCUT2D eigenvalue weighted by Crippen LogP contribution is -2.36. The first-order chi connectivity index (χ1) is 9.23. The van der Waals surface area contributed by atoms with Crippen molar-refractivity contribution >= 4 is 5.97 Å². The molecule has 0 N–H and O–H groups in total. The van der Waals surface area contributed by atoms with E-state index < -0.39 is 0 Å². The highest BCUT2D eigenvalue weighted by molar-refractivity contribution is 5.78. The van der Waals surface area contributed by atoms with Crippen molar-refractivity contribution in [1.82, 2.24) is 0 Å². The van der Waals surface area contributed by atoms with E-state index in [1.165, 1.54) is 44.9 Å². The first kappa shape index (κ1) is 14.6. The van der Waals surface area contributed by atoms with E-state index in [1.54, 1.807) is 7.11 Å². The molecule has 3 atom stereocenters. The number of rotatable bonds is 8. The number of hydrogen-bond acceptors (Lipinski definition) is 2. The molecule has 0 aliphatic heterocycles. The molecule has 2 aliphatic carbocycles. The zero-order chi connectivity index (χ0) is 13.7. The third kappa shape index (κ3) is 3.04. The number of methoxy groups -OCH3 is 1. The van der Waals surface area contributed by atoms with Crippen molar-refractivity contribution in [3.63, 3.8) is 0 Å². The summed E-state index contributed by atoms with van der Waals surface area (Å²) in [5.41, 5.74) is -0.182. The molecule has 2 bridgehead atoms. The fraction of sp³-hybridized carbons (Fsp3) is 0.824. The minimum Gasteiger partial charge on any atom is -0.469 e. The lowest BCUT2D eigenvalue weighted by molar-refractivity contribution is -0.155. The van der Waals surface area contributed by atoms with E-state index in [0.29, 0.717) is 11.8 Å². The maximum Gasteiger partial charge on any atom is 0.312 e. The van der Waals surface area contributed by atoms with E-state index in [4.69, 9.17) is 4.74 Å². The first-order valence-electron chi connectivity index (χ1n) is 7.99. The summed E-state index contributed by atoms with van der Waals surface area (Å²) >= 11 is 0. The third-order valence-corrected chi connectivity index (χ3v) is 5.08. The van der Waals surface area contributed by atoms with Gasteiger partial charge in [-0.05, 0) is 31.1 Å². The topological polar surface area (TPSA) is 26.3 Å². The maximum absolute atomic E-state index is 12.2. The fourth-order valence-corrected chi connectivity index (χ4v) is 4.00. The van der Waals surface area contributed by atoms with Crippen LogP contribution >= 0.6 is 0 Å². The summed E-state index contributed by atoms with van der Waals surface area (Å²) in [6.45, 7) is 2.24. The molecule has 2 rings (SSSR count). The number of allylic oxidation sites excluding steroid dienone is 2. The van der Waals surface area contributed by atoms with Crippen LogP contribution in [-0.2, 0) is 9.53 Å². The fourth-order valence-electron chi connectivity index (χ4n) is 4.00. The van der Waals surface area contributed by atoms with Crippen LogP contribution in [0.1, 0.15) is 64.7 Å². The molecular formula is C17H28O2. The lowest BCUT2D eigenvalue weighted by atomic mass is 9.72. The van der Waals surface area contributed by atoms with E-state index in [9.17, 15) is 4.79 Å². The quantitative estimate of drug-likeness (QED) is 0.367. The molecule has 0 amide bonds. The highest BCUT2D eigenvalue weighted by Gasteiger charge is 2.53. The molecule has 0 aromatic rings. The molecule has 1 fully saturated rings. The second-order valence-electron chi connectivity index (χ2n) is 6.36. The van der Waals surface area contributed by atoms with Crippen LogP contribution in [0.5, 0.6) is 0 Å². The second kappa shape index (κ2) is 6.58. The highest BCUT2D eigenvalue weighted by atomic mass is 16.5. The van der Waals surface area contributed by atoms with Gasteiger partial charge in [0, 0.05) is 0 Å². The largest absolute Gasteiger partial charge is 0.469 e. The van der Waals surface area contributed by atoms with Gasteiger partial charge in [-0.15, -0.1) is 0 Å². The summed E-state index contributed by atoms with van der Waals surface area (Å²) in [6.07, 6.45) is 15.5. The van der Waals surface area contributed by atoms with Gasteiger partial charge in [0.25, 0.3) is 0 Å². The van der Waals surface area contributed by atoms with Crippen LogP contribution in [0, 0.1) is 17.3 Å². The summed E-state index contributed by atoms with van der Waals surface area (Å²) in [5, 5.41) is 0. The van der Waals surface area contributed by atoms with E-state index >= 15 is 0 Å². The zero-order valence-electron chi connectivity index (χ0n) is 12.5. The Labute approximate surface area is 117 Å². The Kier molecular flexibility index (Phi) is 5.06. The molecule has 0 spiro atoms. The third-order valence-electron chi connectivity index (χ3n) is 5.08. The standard InChI is InChI=1S/C17H28O2/c1-3-4-5-6-7-8-11-17(16(18)19-2)13-14-9-10-15(17)12-14/h9-10,14-15H,3-8,11-13H2,1-2H3. The number of esters is 1. The number of carbonyl (C=O) groups excluding carboxylic acids is 1. The van der Waals surface area contributed by atoms with Gasteiger partial charge in [-0.25, -0.2) is 0 Å². The molecule has 2 heteroatoms. The van der Waals surface area contributed by atoms with Gasteiger partial charge >= 0.3 is 5.97 Å². The summed E-state index contributed by atoms with van der Waals surface area (Å²) in [6, 6.07) is 0. The lowest BCUT2D eigenvalue weighted by Gasteiger charge is -2.32. The first-order valence-corrected chi connectivity index (χ1v) is 7.99. The average Bonchev–Trinajstić information content (AvgIpc) is 3.03. The van der Waals surface area contributed by atoms with Gasteiger partial charge in [-0.1, -0.05) is 57.6 Å². The Balaban J connectivity index is 1.83. The molecule has 0 aromatic carbocycles. The molecule has 0 heterocycles. The van der Waals surface area contributed by atoms with Crippen molar-refractivity contribution in [2.24, 2.45) is 17.3 Å². The van der Waals surface area contributed by atoms with Crippen LogP contribution in [0.4, 0.5) is 0 Å². The van der Waals surface area contributed by atoms with E-state index in [2.05, 4.69) is 19.1 Å². The van der Waals surface area contributed by atoms with Crippen LogP contribution in [0.15, 0.2) is 12.2 Å². The Morgan fingerprint density at radius 3 is 2.53 bits per heavy atom. The van der Waals surface area contributed by atoms with Crippen molar-refractivity contribution < 1.29 is 9.53 Å². The maximum atomic E-state index is 12.2. The van der Waals surface area contributed by atoms with Gasteiger partial charge < -0.3 is 4.74 Å². The van der Waals surface area contributed by atoms with Crippen molar-refractivity contribution in [1.29, 1.82) is 0 Å². The van der Waals surface area contributed by atoms with Crippen molar-refractivity contribution in [3.8, 4) is 0 Å². The van der Waals surface area contributed by atoms with Gasteiger partial charge in [-0.3, -0.25) is 4.79 Å². The minimum atomic E-state index is -0.182. The van der Waals surface area contributed by atoms with Crippen LogP contribution in [0.25, 0.3) is 0 Å². The molecule has 1 saturated carbocycles. The van der Waals surface area contributed by atoms with E-state index in [1.807, 2.05) is 0 Å². The van der Waals surface area contributed by atoms with Crippen molar-refractivity contribution in [2.75, 3.05) is 7.11 Å². The molecular weight excluding hydrogens is 236 g/mol. The molecule has 0 aromatic heterocycles. The van der Waals surface area contributed by atoms with Gasteiger partial charge in [0.15, 0.2) is 0 Å². The Morgan fingerprint density at radius 2 is 1.95 bits per heavy atom. The Hall–Kier alpha value is -0.790. The van der Waals surface area contributed by atoms with E-state index in [-0.39, 0.29) is 11.4 Å². The van der Waals surface area contributed by atoms with Crippen molar-refractivity contribution in [3.05, 3.63) is 12.2 Å². The van der Waals surface area contributed by atoms with Crippen LogP contribution in [0.2, 0.25) is 0 Å². The summed E-state index contributed by atoms with van der Waals surface area (Å²) < 4.78 is 5.11. The van der Waals surface area contributed by atoms with Crippen LogP contribution < -0.4 is 0 Å². The highest BCUT2D eigenvalue weighted by Crippen LogP contribution is 2.55. The normalized spacial score (nSPS) is 31.9. The second-order valence-corrected chi connectivity index (χ2v) is 6.36.